The Balaban J connectivity index is 2.59. The van der Waals surface area contributed by atoms with E-state index in [0.717, 1.165) is 36.1 Å². The first-order valence-corrected chi connectivity index (χ1v) is 7.64. The second-order valence-electron chi connectivity index (χ2n) is 6.26. The van der Waals surface area contributed by atoms with Crippen molar-refractivity contribution in [2.45, 2.75) is 47.0 Å². The van der Waals surface area contributed by atoms with Crippen LogP contribution in [0.25, 0.3) is 0 Å². The van der Waals surface area contributed by atoms with Crippen molar-refractivity contribution in [1.82, 2.24) is 5.32 Å². The van der Waals surface area contributed by atoms with E-state index in [0.29, 0.717) is 6.54 Å². The summed E-state index contributed by atoms with van der Waals surface area (Å²) >= 11 is 0. The molecule has 0 atom stereocenters. The summed E-state index contributed by atoms with van der Waals surface area (Å²) in [5, 5.41) is 14.8. The lowest BCUT2D eigenvalue weighted by Crippen LogP contribution is -2.37. The quantitative estimate of drug-likeness (QED) is 0.720. The van der Waals surface area contributed by atoms with Crippen molar-refractivity contribution in [3.8, 4) is 0 Å². The highest BCUT2D eigenvalue weighted by Crippen LogP contribution is 2.22. The summed E-state index contributed by atoms with van der Waals surface area (Å²) < 4.78 is 0. The van der Waals surface area contributed by atoms with E-state index in [-0.39, 0.29) is 18.1 Å². The summed E-state index contributed by atoms with van der Waals surface area (Å²) in [6.45, 7) is 9.04. The maximum atomic E-state index is 12.1. The number of amides is 2. The summed E-state index contributed by atoms with van der Waals surface area (Å²) in [5.41, 5.74) is 3.11. The third kappa shape index (κ3) is 5.76. The second-order valence-corrected chi connectivity index (χ2v) is 6.26. The number of aryl methyl sites for hydroxylation is 2. The number of rotatable bonds is 7. The number of aliphatic hydroxyl groups excluding tert-OH is 1. The smallest absolute Gasteiger partial charge is 0.319 e. The lowest BCUT2D eigenvalue weighted by Gasteiger charge is -2.25. The van der Waals surface area contributed by atoms with Gasteiger partial charge in [-0.3, -0.25) is 0 Å². The van der Waals surface area contributed by atoms with Crippen LogP contribution in [0.2, 0.25) is 0 Å². The van der Waals surface area contributed by atoms with Gasteiger partial charge in [0.1, 0.15) is 0 Å². The molecule has 0 fully saturated rings. The normalized spacial score (nSPS) is 11.3. The molecule has 0 saturated carbocycles. The summed E-state index contributed by atoms with van der Waals surface area (Å²) in [5.74, 6) is 0. The van der Waals surface area contributed by atoms with E-state index < -0.39 is 0 Å². The van der Waals surface area contributed by atoms with Gasteiger partial charge < -0.3 is 15.7 Å². The minimum Gasteiger partial charge on any atom is -0.396 e. The van der Waals surface area contributed by atoms with E-state index in [4.69, 9.17) is 5.11 Å². The summed E-state index contributed by atoms with van der Waals surface area (Å²) in [6, 6.07) is 5.87. The Bertz CT molecular complexity index is 470. The molecule has 4 heteroatoms. The van der Waals surface area contributed by atoms with Crippen molar-refractivity contribution in [2.24, 2.45) is 5.41 Å². The van der Waals surface area contributed by atoms with Gasteiger partial charge in [0.2, 0.25) is 0 Å². The standard InChI is InChI=1S/C17H28N2O2/c1-5-14-9-6-8-13(2)15(14)19-16(21)18-12-17(3,4)10-7-11-20/h6,8-9,20H,5,7,10-12H2,1-4H3,(H2,18,19,21). The highest BCUT2D eigenvalue weighted by Gasteiger charge is 2.18. The fraction of sp³-hybridized carbons (Fsp3) is 0.588. The summed E-state index contributed by atoms with van der Waals surface area (Å²) in [7, 11) is 0. The topological polar surface area (TPSA) is 61.4 Å². The van der Waals surface area contributed by atoms with Gasteiger partial charge in [0.05, 0.1) is 0 Å². The Labute approximate surface area is 128 Å². The minimum atomic E-state index is -0.170. The average molecular weight is 292 g/mol. The number of urea groups is 1. The van der Waals surface area contributed by atoms with Crippen LogP contribution in [0, 0.1) is 12.3 Å². The van der Waals surface area contributed by atoms with E-state index in [1.165, 1.54) is 0 Å². The summed E-state index contributed by atoms with van der Waals surface area (Å²) in [6.07, 6.45) is 2.53. The van der Waals surface area contributed by atoms with E-state index in [1.54, 1.807) is 0 Å². The average Bonchev–Trinajstić information content (AvgIpc) is 2.45. The molecule has 4 nitrogen and oxygen atoms in total. The number of carbonyl (C=O) groups excluding carboxylic acids is 1. The largest absolute Gasteiger partial charge is 0.396 e. The van der Waals surface area contributed by atoms with Crippen LogP contribution in [0.15, 0.2) is 18.2 Å². The van der Waals surface area contributed by atoms with Gasteiger partial charge in [0.15, 0.2) is 0 Å². The van der Waals surface area contributed by atoms with Crippen molar-refractivity contribution >= 4 is 11.7 Å². The van der Waals surface area contributed by atoms with Crippen molar-refractivity contribution in [3.63, 3.8) is 0 Å². The Kier molecular flexibility index (Phi) is 6.69. The highest BCUT2D eigenvalue weighted by molar-refractivity contribution is 5.91. The van der Waals surface area contributed by atoms with Gasteiger partial charge in [-0.2, -0.15) is 0 Å². The third-order valence-corrected chi connectivity index (χ3v) is 3.72. The minimum absolute atomic E-state index is 0.0145. The molecule has 118 valence electrons. The predicted molar refractivity (Wildman–Crippen MR) is 87.7 cm³/mol. The van der Waals surface area contributed by atoms with Gasteiger partial charge in [0.25, 0.3) is 0 Å². The Morgan fingerprint density at radius 3 is 2.67 bits per heavy atom. The van der Waals surface area contributed by atoms with Crippen LogP contribution in [-0.2, 0) is 6.42 Å². The van der Waals surface area contributed by atoms with Crippen LogP contribution in [0.1, 0.15) is 44.7 Å². The second kappa shape index (κ2) is 8.03. The molecule has 1 rings (SSSR count). The monoisotopic (exact) mass is 292 g/mol. The molecule has 0 unspecified atom stereocenters. The molecule has 0 heterocycles. The Morgan fingerprint density at radius 1 is 1.33 bits per heavy atom. The number of para-hydroxylation sites is 1. The van der Waals surface area contributed by atoms with Crippen LogP contribution in [0.4, 0.5) is 10.5 Å². The molecule has 0 aliphatic carbocycles. The highest BCUT2D eigenvalue weighted by atomic mass is 16.3. The molecule has 0 radical (unpaired) electrons. The molecule has 0 aromatic heterocycles. The first-order valence-electron chi connectivity index (χ1n) is 7.64. The molecule has 0 saturated heterocycles. The number of hydrogen-bond donors (Lipinski definition) is 3. The summed E-state index contributed by atoms with van der Waals surface area (Å²) in [4.78, 5) is 12.1. The number of aliphatic hydroxyl groups is 1. The maximum absolute atomic E-state index is 12.1. The van der Waals surface area contributed by atoms with Gasteiger partial charge >= 0.3 is 6.03 Å². The lowest BCUT2D eigenvalue weighted by atomic mass is 9.88. The number of hydrogen-bond acceptors (Lipinski definition) is 2. The molecule has 2 amide bonds. The fourth-order valence-electron chi connectivity index (χ4n) is 2.33. The van der Waals surface area contributed by atoms with Crippen molar-refractivity contribution in [3.05, 3.63) is 29.3 Å². The molecule has 0 aliphatic rings. The molecular formula is C17H28N2O2. The van der Waals surface area contributed by atoms with Crippen LogP contribution < -0.4 is 10.6 Å². The number of anilines is 1. The molecule has 3 N–H and O–H groups in total. The first kappa shape index (κ1) is 17.5. The van der Waals surface area contributed by atoms with Crippen LogP contribution in [-0.4, -0.2) is 24.3 Å². The van der Waals surface area contributed by atoms with Crippen LogP contribution in [0.3, 0.4) is 0 Å². The Hall–Kier alpha value is -1.55. The lowest BCUT2D eigenvalue weighted by molar-refractivity contribution is 0.227. The van der Waals surface area contributed by atoms with Gasteiger partial charge in [-0.15, -0.1) is 0 Å². The van der Waals surface area contributed by atoms with Crippen LogP contribution >= 0.6 is 0 Å². The van der Waals surface area contributed by atoms with Crippen molar-refractivity contribution in [1.29, 1.82) is 0 Å². The molecule has 1 aromatic carbocycles. The van der Waals surface area contributed by atoms with E-state index in [1.807, 2.05) is 25.1 Å². The van der Waals surface area contributed by atoms with Crippen molar-refractivity contribution in [2.75, 3.05) is 18.5 Å². The van der Waals surface area contributed by atoms with E-state index in [2.05, 4.69) is 31.4 Å². The molecule has 0 spiro atoms. The first-order chi connectivity index (χ1) is 9.89. The zero-order valence-corrected chi connectivity index (χ0v) is 13.6. The predicted octanol–water partition coefficient (Wildman–Crippen LogP) is 3.48. The van der Waals surface area contributed by atoms with Gasteiger partial charge in [-0.25, -0.2) is 4.79 Å². The van der Waals surface area contributed by atoms with Crippen molar-refractivity contribution < 1.29 is 9.90 Å². The molecule has 21 heavy (non-hydrogen) atoms. The molecular weight excluding hydrogens is 264 g/mol. The maximum Gasteiger partial charge on any atom is 0.319 e. The number of benzene rings is 1. The molecule has 1 aromatic rings. The zero-order chi connectivity index (χ0) is 15.9. The molecule has 0 bridgehead atoms. The fourth-order valence-corrected chi connectivity index (χ4v) is 2.33. The number of carbonyl (C=O) groups is 1. The van der Waals surface area contributed by atoms with E-state index in [9.17, 15) is 4.79 Å². The SMILES string of the molecule is CCc1cccc(C)c1NC(=O)NCC(C)(C)CCCO. The number of nitrogens with one attached hydrogen (secondary N) is 2. The zero-order valence-electron chi connectivity index (χ0n) is 13.6. The van der Waals surface area contributed by atoms with Gasteiger partial charge in [0, 0.05) is 18.8 Å². The molecule has 0 aliphatic heterocycles. The third-order valence-electron chi connectivity index (χ3n) is 3.72. The van der Waals surface area contributed by atoms with Gasteiger partial charge in [-0.1, -0.05) is 39.0 Å². The Morgan fingerprint density at radius 2 is 2.05 bits per heavy atom. The van der Waals surface area contributed by atoms with E-state index >= 15 is 0 Å². The van der Waals surface area contributed by atoms with Gasteiger partial charge in [-0.05, 0) is 42.7 Å². The van der Waals surface area contributed by atoms with Crippen LogP contribution in [0.5, 0.6) is 0 Å².